The highest BCUT2D eigenvalue weighted by molar-refractivity contribution is 8.23. The third-order valence-corrected chi connectivity index (χ3v) is 18.4. The van der Waals surface area contributed by atoms with Crippen LogP contribution in [0, 0.1) is 11.8 Å². The Morgan fingerprint density at radius 1 is 0.676 bits per heavy atom. The molecule has 0 aromatic carbocycles. The minimum atomic E-state index is 0.107. The Morgan fingerprint density at radius 3 is 1.47 bits per heavy atom. The van der Waals surface area contributed by atoms with Gasteiger partial charge in [-0.2, -0.15) is 23.5 Å². The summed E-state index contributed by atoms with van der Waals surface area (Å²) in [5, 5.41) is 1.44. The molecule has 1 saturated carbocycles. The van der Waals surface area contributed by atoms with Crippen molar-refractivity contribution in [3.63, 3.8) is 0 Å². The summed E-state index contributed by atoms with van der Waals surface area (Å²) in [4.78, 5) is 22.8. The summed E-state index contributed by atoms with van der Waals surface area (Å²) in [6, 6.07) is 0. The molecule has 1 aliphatic carbocycles. The summed E-state index contributed by atoms with van der Waals surface area (Å²) in [7, 11) is 0. The van der Waals surface area contributed by atoms with Crippen LogP contribution in [-0.2, 0) is 9.59 Å². The maximum absolute atomic E-state index is 11.4. The summed E-state index contributed by atoms with van der Waals surface area (Å²) in [5.74, 6) is 11.2. The van der Waals surface area contributed by atoms with Crippen LogP contribution in [-0.4, -0.2) is 75.9 Å². The van der Waals surface area contributed by atoms with Crippen LogP contribution >= 0.6 is 94.1 Å². The Labute approximate surface area is 240 Å². The molecule has 0 spiro atoms. The van der Waals surface area contributed by atoms with E-state index in [2.05, 4.69) is 83.7 Å². The average molecular weight is 613 g/mol. The number of carbonyl (C=O) groups excluding carboxylic acids is 2. The van der Waals surface area contributed by atoms with Crippen molar-refractivity contribution in [2.75, 3.05) is 46.0 Å². The lowest BCUT2D eigenvalue weighted by Gasteiger charge is -2.28. The van der Waals surface area contributed by atoms with Crippen molar-refractivity contribution < 1.29 is 9.59 Å². The molecule has 34 heavy (non-hydrogen) atoms. The number of thioether (sulfide) groups is 8. The van der Waals surface area contributed by atoms with E-state index >= 15 is 0 Å². The fourth-order valence-electron chi connectivity index (χ4n) is 4.06. The quantitative estimate of drug-likeness (QED) is 0.184. The van der Waals surface area contributed by atoms with E-state index in [4.69, 9.17) is 0 Å². The molecule has 2 heterocycles. The van der Waals surface area contributed by atoms with E-state index in [0.29, 0.717) is 19.7 Å². The number of rotatable bonds is 14. The SMILES string of the molecule is C=CC(=O)SCC1CSC(CSCC2CCC(CSCC3SCC(CSC(=O)C=C)S3)CC2)S1. The molecule has 4 atom stereocenters. The second kappa shape index (κ2) is 17.3. The highest BCUT2D eigenvalue weighted by Gasteiger charge is 2.29. The van der Waals surface area contributed by atoms with Crippen molar-refractivity contribution in [2.45, 2.75) is 45.3 Å². The second-order valence-corrected chi connectivity index (χ2v) is 19.0. The van der Waals surface area contributed by atoms with Gasteiger partial charge in [0.15, 0.2) is 0 Å². The van der Waals surface area contributed by atoms with Crippen molar-refractivity contribution in [3.05, 3.63) is 25.3 Å². The molecule has 0 radical (unpaired) electrons. The van der Waals surface area contributed by atoms with E-state index in [9.17, 15) is 9.59 Å². The van der Waals surface area contributed by atoms with Crippen LogP contribution < -0.4 is 0 Å². The van der Waals surface area contributed by atoms with E-state index in [-0.39, 0.29) is 10.2 Å². The molecular formula is C24H36O2S8. The van der Waals surface area contributed by atoms with Crippen molar-refractivity contribution in [1.82, 2.24) is 0 Å². The minimum absolute atomic E-state index is 0.107. The molecule has 10 heteroatoms. The lowest BCUT2D eigenvalue weighted by atomic mass is 9.84. The molecule has 0 amide bonds. The van der Waals surface area contributed by atoms with Crippen LogP contribution in [0.3, 0.4) is 0 Å². The van der Waals surface area contributed by atoms with E-state index in [1.807, 2.05) is 0 Å². The summed E-state index contributed by atoms with van der Waals surface area (Å²) in [6.45, 7) is 7.11. The normalized spacial score (nSPS) is 31.4. The van der Waals surface area contributed by atoms with Gasteiger partial charge in [0.05, 0.1) is 9.16 Å². The third-order valence-electron chi connectivity index (χ3n) is 5.96. The zero-order valence-electron chi connectivity index (χ0n) is 19.6. The van der Waals surface area contributed by atoms with Gasteiger partial charge in [-0.25, -0.2) is 0 Å². The maximum Gasteiger partial charge on any atom is 0.211 e. The molecule has 0 bridgehead atoms. The Balaban J connectivity index is 1.17. The van der Waals surface area contributed by atoms with E-state index in [1.165, 1.54) is 95.9 Å². The Morgan fingerprint density at radius 2 is 1.09 bits per heavy atom. The van der Waals surface area contributed by atoms with Gasteiger partial charge in [0.1, 0.15) is 0 Å². The molecule has 4 unspecified atom stereocenters. The molecule has 3 fully saturated rings. The molecule has 192 valence electrons. The van der Waals surface area contributed by atoms with Crippen LogP contribution in [0.5, 0.6) is 0 Å². The summed E-state index contributed by atoms with van der Waals surface area (Å²) < 4.78 is 1.41. The highest BCUT2D eigenvalue weighted by atomic mass is 32.2. The predicted molar refractivity (Wildman–Crippen MR) is 171 cm³/mol. The molecular weight excluding hydrogens is 577 g/mol. The lowest BCUT2D eigenvalue weighted by molar-refractivity contribution is -0.107. The van der Waals surface area contributed by atoms with Gasteiger partial charge in [-0.3, -0.25) is 9.59 Å². The molecule has 0 aromatic heterocycles. The van der Waals surface area contributed by atoms with Crippen LogP contribution in [0.25, 0.3) is 0 Å². The predicted octanol–water partition coefficient (Wildman–Crippen LogP) is 7.50. The number of hydrogen-bond acceptors (Lipinski definition) is 10. The fourth-order valence-corrected chi connectivity index (χ4v) is 16.2. The summed E-state index contributed by atoms with van der Waals surface area (Å²) >= 11 is 15.5. The smallest absolute Gasteiger partial charge is 0.211 e. The molecule has 2 aliphatic heterocycles. The van der Waals surface area contributed by atoms with Crippen molar-refractivity contribution in [2.24, 2.45) is 11.8 Å². The first-order valence-electron chi connectivity index (χ1n) is 11.8. The van der Waals surface area contributed by atoms with Gasteiger partial charge in [-0.15, -0.1) is 47.0 Å². The van der Waals surface area contributed by atoms with Crippen molar-refractivity contribution >= 4 is 104 Å². The third kappa shape index (κ3) is 11.6. The van der Waals surface area contributed by atoms with Gasteiger partial charge in [0, 0.05) is 45.0 Å². The molecule has 3 rings (SSSR count). The van der Waals surface area contributed by atoms with Crippen molar-refractivity contribution in [1.29, 1.82) is 0 Å². The van der Waals surface area contributed by atoms with Crippen LogP contribution in [0.1, 0.15) is 25.7 Å². The molecule has 2 saturated heterocycles. The van der Waals surface area contributed by atoms with E-state index in [0.717, 1.165) is 23.3 Å². The van der Waals surface area contributed by atoms with Gasteiger partial charge >= 0.3 is 0 Å². The van der Waals surface area contributed by atoms with Crippen LogP contribution in [0.2, 0.25) is 0 Å². The Bertz CT molecular complexity index is 611. The monoisotopic (exact) mass is 612 g/mol. The standard InChI is InChI=1S/C24H36O2S8/c1-3-21(25)29-11-19-13-31-23(33-19)15-27-9-17-5-7-18(8-6-17)10-28-16-24-32-14-20(34-24)12-30-22(26)4-2/h3-4,17-20,23-24H,1-2,5-16H2. The van der Waals surface area contributed by atoms with Crippen LogP contribution in [0.4, 0.5) is 0 Å². The van der Waals surface area contributed by atoms with Gasteiger partial charge < -0.3 is 0 Å². The first-order chi connectivity index (χ1) is 16.6. The number of hydrogen-bond donors (Lipinski definition) is 0. The maximum atomic E-state index is 11.4. The van der Waals surface area contributed by atoms with Gasteiger partial charge in [-0.1, -0.05) is 36.7 Å². The fraction of sp³-hybridized carbons (Fsp3) is 0.750. The van der Waals surface area contributed by atoms with Gasteiger partial charge in [-0.05, 0) is 61.2 Å². The van der Waals surface area contributed by atoms with Gasteiger partial charge in [0.25, 0.3) is 0 Å². The molecule has 2 nitrogen and oxygen atoms in total. The van der Waals surface area contributed by atoms with Gasteiger partial charge in [0.2, 0.25) is 10.2 Å². The average Bonchev–Trinajstić information content (AvgIpc) is 3.51. The second-order valence-electron chi connectivity index (χ2n) is 8.67. The molecule has 3 aliphatic rings. The summed E-state index contributed by atoms with van der Waals surface area (Å²) in [5.41, 5.74) is 0. The Hall–Kier alpha value is 1.62. The van der Waals surface area contributed by atoms with Crippen molar-refractivity contribution in [3.8, 4) is 0 Å². The minimum Gasteiger partial charge on any atom is -0.282 e. The highest BCUT2D eigenvalue weighted by Crippen LogP contribution is 2.43. The topological polar surface area (TPSA) is 34.1 Å². The zero-order valence-corrected chi connectivity index (χ0v) is 26.1. The van der Waals surface area contributed by atoms with E-state index < -0.39 is 0 Å². The lowest BCUT2D eigenvalue weighted by Crippen LogP contribution is -2.18. The zero-order chi connectivity index (χ0) is 24.2. The first-order valence-corrected chi connectivity index (χ1v) is 20.1. The largest absolute Gasteiger partial charge is 0.282 e. The Kier molecular flexibility index (Phi) is 15.3. The first kappa shape index (κ1) is 30.2. The molecule has 0 N–H and O–H groups in total. The van der Waals surface area contributed by atoms with E-state index in [1.54, 1.807) is 0 Å². The number of carbonyl (C=O) groups is 2. The molecule has 0 aromatic rings. The summed E-state index contributed by atoms with van der Waals surface area (Å²) in [6.07, 6.45) is 8.51. The van der Waals surface area contributed by atoms with Crippen LogP contribution in [0.15, 0.2) is 25.3 Å².